The van der Waals surface area contributed by atoms with E-state index in [9.17, 15) is 5.11 Å². The number of hydrogen-bond acceptors (Lipinski definition) is 1. The van der Waals surface area contributed by atoms with E-state index >= 15 is 0 Å². The van der Waals surface area contributed by atoms with Gasteiger partial charge in [-0.2, -0.15) is 0 Å². The predicted molar refractivity (Wildman–Crippen MR) is 127 cm³/mol. The van der Waals surface area contributed by atoms with E-state index in [1.54, 1.807) is 0 Å². The average Bonchev–Trinajstić information content (AvgIpc) is 3.04. The van der Waals surface area contributed by atoms with Crippen molar-refractivity contribution in [3.8, 4) is 11.8 Å². The molecule has 8 atom stereocenters. The van der Waals surface area contributed by atoms with Crippen molar-refractivity contribution >= 4 is 0 Å². The van der Waals surface area contributed by atoms with E-state index in [4.69, 9.17) is 0 Å². The van der Waals surface area contributed by atoms with Gasteiger partial charge >= 0.3 is 0 Å². The second kappa shape index (κ2) is 7.55. The first-order chi connectivity index (χ1) is 14.0. The fraction of sp³-hybridized carbons (Fsp3) is 0.793. The van der Waals surface area contributed by atoms with Crippen LogP contribution in [0.15, 0.2) is 23.8 Å². The molecule has 1 nitrogen and oxygen atoms in total. The number of aliphatic hydroxyl groups excluding tert-OH is 1. The van der Waals surface area contributed by atoms with Gasteiger partial charge in [-0.3, -0.25) is 0 Å². The van der Waals surface area contributed by atoms with Gasteiger partial charge in [0.1, 0.15) is 0 Å². The van der Waals surface area contributed by atoms with Gasteiger partial charge in [-0.1, -0.05) is 56.4 Å². The highest BCUT2D eigenvalue weighted by Gasteiger charge is 2.58. The molecule has 0 saturated heterocycles. The first kappa shape index (κ1) is 22.2. The van der Waals surface area contributed by atoms with Crippen molar-refractivity contribution < 1.29 is 5.11 Å². The number of fused-ring (bicyclic) bond motifs is 5. The predicted octanol–water partition coefficient (Wildman–Crippen LogP) is 7.17. The number of aliphatic hydroxyl groups is 1. The molecule has 0 spiro atoms. The Labute approximate surface area is 185 Å². The Morgan fingerprint density at radius 2 is 1.80 bits per heavy atom. The van der Waals surface area contributed by atoms with Crippen LogP contribution in [-0.2, 0) is 0 Å². The molecule has 3 saturated carbocycles. The van der Waals surface area contributed by atoms with Crippen LogP contribution in [0.25, 0.3) is 0 Å². The zero-order valence-corrected chi connectivity index (χ0v) is 20.4. The second-order valence-electron chi connectivity index (χ2n) is 12.4. The molecule has 4 rings (SSSR count). The van der Waals surface area contributed by atoms with Crippen LogP contribution in [0.2, 0.25) is 0 Å². The van der Waals surface area contributed by atoms with E-state index in [0.29, 0.717) is 28.6 Å². The van der Waals surface area contributed by atoms with Crippen molar-refractivity contribution in [2.45, 2.75) is 99.0 Å². The zero-order chi connectivity index (χ0) is 21.9. The number of allylic oxidation sites excluding steroid dienone is 3. The fourth-order valence-corrected chi connectivity index (χ4v) is 7.85. The molecule has 0 aromatic heterocycles. The molecule has 4 aliphatic rings. The lowest BCUT2D eigenvalue weighted by atomic mass is 9.47. The fourth-order valence-electron chi connectivity index (χ4n) is 7.85. The Kier molecular flexibility index (Phi) is 5.59. The van der Waals surface area contributed by atoms with Crippen LogP contribution in [0.4, 0.5) is 0 Å². The summed E-state index contributed by atoms with van der Waals surface area (Å²) in [4.78, 5) is 0. The minimum atomic E-state index is -0.0914. The van der Waals surface area contributed by atoms with Gasteiger partial charge in [0.15, 0.2) is 0 Å². The van der Waals surface area contributed by atoms with Crippen LogP contribution in [0.5, 0.6) is 0 Å². The van der Waals surface area contributed by atoms with Crippen molar-refractivity contribution in [3.63, 3.8) is 0 Å². The summed E-state index contributed by atoms with van der Waals surface area (Å²) in [5.74, 6) is 10.6. The molecule has 0 bridgehead atoms. The Bertz CT molecular complexity index is 791. The van der Waals surface area contributed by atoms with Gasteiger partial charge in [-0.15, -0.1) is 0 Å². The van der Waals surface area contributed by atoms with Crippen molar-refractivity contribution in [3.05, 3.63) is 23.8 Å². The lowest BCUT2D eigenvalue weighted by molar-refractivity contribution is -0.0412. The minimum Gasteiger partial charge on any atom is -0.393 e. The standard InChI is InChI=1S/C29H44O/c1-19(2)27(4,5)15-12-20(3)24-10-11-25-23-9-8-21-18-22(30)13-16-28(21,6)26(23)14-17-29(24,25)7/h9,20-22,24-26,30H,1,8,10-11,13-14,16-18H2,2-7H3. The van der Waals surface area contributed by atoms with Crippen molar-refractivity contribution in [1.82, 2.24) is 0 Å². The van der Waals surface area contributed by atoms with Gasteiger partial charge in [0.25, 0.3) is 0 Å². The molecule has 0 radical (unpaired) electrons. The molecule has 1 heteroatoms. The quantitative estimate of drug-likeness (QED) is 0.379. The molecule has 8 unspecified atom stereocenters. The maximum absolute atomic E-state index is 10.2. The average molecular weight is 409 g/mol. The van der Waals surface area contributed by atoms with E-state index in [0.717, 1.165) is 30.3 Å². The van der Waals surface area contributed by atoms with Crippen LogP contribution in [-0.4, -0.2) is 11.2 Å². The normalized spacial score (nSPS) is 44.0. The van der Waals surface area contributed by atoms with Crippen LogP contribution >= 0.6 is 0 Å². The largest absolute Gasteiger partial charge is 0.393 e. The van der Waals surface area contributed by atoms with Crippen LogP contribution < -0.4 is 0 Å². The van der Waals surface area contributed by atoms with Crippen molar-refractivity contribution in [2.75, 3.05) is 0 Å². The Hall–Kier alpha value is -1.00. The Morgan fingerprint density at radius 1 is 1.13 bits per heavy atom. The van der Waals surface area contributed by atoms with Crippen LogP contribution in [0.3, 0.4) is 0 Å². The molecular weight excluding hydrogens is 364 g/mol. The highest BCUT2D eigenvalue weighted by atomic mass is 16.3. The van der Waals surface area contributed by atoms with Gasteiger partial charge in [0.05, 0.1) is 6.10 Å². The van der Waals surface area contributed by atoms with Gasteiger partial charge in [0.2, 0.25) is 0 Å². The third kappa shape index (κ3) is 3.43. The third-order valence-electron chi connectivity index (χ3n) is 10.4. The molecule has 166 valence electrons. The molecule has 4 aliphatic carbocycles. The summed E-state index contributed by atoms with van der Waals surface area (Å²) in [7, 11) is 0. The lowest BCUT2D eigenvalue weighted by Gasteiger charge is -2.57. The van der Waals surface area contributed by atoms with Gasteiger partial charge < -0.3 is 5.11 Å². The first-order valence-electron chi connectivity index (χ1n) is 12.6. The summed E-state index contributed by atoms with van der Waals surface area (Å²) in [6, 6.07) is 0. The monoisotopic (exact) mass is 408 g/mol. The van der Waals surface area contributed by atoms with Gasteiger partial charge in [-0.05, 0) is 107 Å². The van der Waals surface area contributed by atoms with E-state index < -0.39 is 0 Å². The molecule has 1 N–H and O–H groups in total. The van der Waals surface area contributed by atoms with Crippen molar-refractivity contribution in [1.29, 1.82) is 0 Å². The van der Waals surface area contributed by atoms with E-state index in [1.807, 2.05) is 5.57 Å². The second-order valence-corrected chi connectivity index (χ2v) is 12.4. The number of rotatable bonds is 2. The van der Waals surface area contributed by atoms with Crippen molar-refractivity contribution in [2.24, 2.45) is 45.8 Å². The highest BCUT2D eigenvalue weighted by Crippen LogP contribution is 2.66. The third-order valence-corrected chi connectivity index (χ3v) is 10.4. The summed E-state index contributed by atoms with van der Waals surface area (Å²) >= 11 is 0. The highest BCUT2D eigenvalue weighted by molar-refractivity contribution is 5.29. The van der Waals surface area contributed by atoms with Gasteiger partial charge in [-0.25, -0.2) is 0 Å². The van der Waals surface area contributed by atoms with Crippen LogP contribution in [0, 0.1) is 57.7 Å². The van der Waals surface area contributed by atoms with Crippen LogP contribution in [0.1, 0.15) is 92.9 Å². The molecular formula is C29H44O. The molecule has 0 amide bonds. The molecule has 30 heavy (non-hydrogen) atoms. The zero-order valence-electron chi connectivity index (χ0n) is 20.4. The summed E-state index contributed by atoms with van der Waals surface area (Å²) in [6.07, 6.45) is 12.4. The molecule has 0 aromatic carbocycles. The summed E-state index contributed by atoms with van der Waals surface area (Å²) in [5.41, 5.74) is 3.70. The maximum atomic E-state index is 10.2. The molecule has 3 fully saturated rings. The van der Waals surface area contributed by atoms with Gasteiger partial charge in [0, 0.05) is 11.3 Å². The molecule has 0 aromatic rings. The topological polar surface area (TPSA) is 20.2 Å². The first-order valence-corrected chi connectivity index (χ1v) is 12.6. The smallest absolute Gasteiger partial charge is 0.0543 e. The summed E-state index contributed by atoms with van der Waals surface area (Å²) in [6.45, 7) is 18.2. The Morgan fingerprint density at radius 3 is 2.50 bits per heavy atom. The Balaban J connectivity index is 1.57. The van der Waals surface area contributed by atoms with E-state index in [-0.39, 0.29) is 11.5 Å². The summed E-state index contributed by atoms with van der Waals surface area (Å²) < 4.78 is 0. The summed E-state index contributed by atoms with van der Waals surface area (Å²) in [5, 5.41) is 10.2. The molecule has 0 heterocycles. The van der Waals surface area contributed by atoms with E-state index in [1.165, 1.54) is 38.5 Å². The minimum absolute atomic E-state index is 0.0642. The lowest BCUT2D eigenvalue weighted by Crippen LogP contribution is -2.49. The SMILES string of the molecule is C=C(C)C(C)(C)C#CC(C)C1CCC2C3=CCC4CC(O)CCC4(C)C3CCC21C. The number of hydrogen-bond donors (Lipinski definition) is 1. The van der Waals surface area contributed by atoms with E-state index in [2.05, 4.69) is 66.0 Å². The maximum Gasteiger partial charge on any atom is 0.0543 e. The molecule has 0 aliphatic heterocycles.